The summed E-state index contributed by atoms with van der Waals surface area (Å²) < 4.78 is 14.4. The summed E-state index contributed by atoms with van der Waals surface area (Å²) in [5, 5.41) is 0. The molecule has 2 atom stereocenters. The second-order valence-corrected chi connectivity index (χ2v) is 1.82. The Morgan fingerprint density at radius 3 is 2.38 bits per heavy atom. The van der Waals surface area contributed by atoms with E-state index < -0.39 is 8.69 Å². The van der Waals surface area contributed by atoms with E-state index in [9.17, 15) is 4.57 Å². The van der Waals surface area contributed by atoms with Crippen molar-refractivity contribution in [3.8, 4) is 0 Å². The number of rotatable bonds is 3. The quantitative estimate of drug-likeness (QED) is 0.446. The molecule has 0 saturated carbocycles. The molecule has 0 aliphatic rings. The van der Waals surface area contributed by atoms with Crippen molar-refractivity contribution in [3.63, 3.8) is 0 Å². The van der Waals surface area contributed by atoms with Crippen molar-refractivity contribution in [2.24, 2.45) is 0 Å². The molecule has 0 N–H and O–H groups in total. The van der Waals surface area contributed by atoms with Crippen LogP contribution in [0.5, 0.6) is 0 Å². The Balaban J connectivity index is 0. The molecular formula is C4H10AlO2P+. The lowest BCUT2D eigenvalue weighted by atomic mass is 10.3. The molecule has 0 spiro atoms. The Morgan fingerprint density at radius 1 is 1.75 bits per heavy atom. The highest BCUT2D eigenvalue weighted by Gasteiger charge is 2.00. The monoisotopic (exact) mass is 148 g/mol. The second-order valence-electron chi connectivity index (χ2n) is 1.42. The van der Waals surface area contributed by atoms with Gasteiger partial charge in [-0.15, -0.1) is 4.52 Å². The maximum atomic E-state index is 9.70. The molecule has 0 rings (SSSR count). The fourth-order valence-corrected chi connectivity index (χ4v) is 0.496. The summed E-state index contributed by atoms with van der Waals surface area (Å²) in [5.74, 6) is 0. The third-order valence-corrected chi connectivity index (χ3v) is 1.32. The van der Waals surface area contributed by atoms with Crippen LogP contribution in [0.3, 0.4) is 0 Å². The van der Waals surface area contributed by atoms with E-state index in [-0.39, 0.29) is 23.5 Å². The van der Waals surface area contributed by atoms with Gasteiger partial charge in [-0.1, -0.05) is 6.92 Å². The van der Waals surface area contributed by atoms with E-state index in [1.807, 2.05) is 13.8 Å². The van der Waals surface area contributed by atoms with Gasteiger partial charge in [-0.3, -0.25) is 0 Å². The summed E-state index contributed by atoms with van der Waals surface area (Å²) in [5.41, 5.74) is 0. The molecule has 0 aromatic carbocycles. The molecule has 0 aromatic heterocycles. The summed E-state index contributed by atoms with van der Waals surface area (Å²) in [6.07, 6.45) is 1.07. The van der Waals surface area contributed by atoms with E-state index in [1.54, 1.807) is 0 Å². The van der Waals surface area contributed by atoms with Crippen LogP contribution in [0.2, 0.25) is 0 Å². The molecule has 4 heteroatoms. The van der Waals surface area contributed by atoms with Crippen LogP contribution in [0.25, 0.3) is 0 Å². The van der Waals surface area contributed by atoms with Crippen molar-refractivity contribution in [1.82, 2.24) is 0 Å². The molecule has 45 valence electrons. The van der Waals surface area contributed by atoms with E-state index >= 15 is 0 Å². The first-order chi connectivity index (χ1) is 3.31. The Bertz CT molecular complexity index is 60.0. The van der Waals surface area contributed by atoms with Gasteiger partial charge in [0.05, 0.1) is 0 Å². The lowest BCUT2D eigenvalue weighted by Crippen LogP contribution is -1.96. The molecule has 0 aliphatic heterocycles. The summed E-state index contributed by atoms with van der Waals surface area (Å²) in [6, 6.07) is 0. The zero-order valence-corrected chi connectivity index (χ0v) is 7.33. The highest BCUT2D eigenvalue weighted by atomic mass is 31.1. The predicted molar refractivity (Wildman–Crippen MR) is 35.6 cm³/mol. The predicted octanol–water partition coefficient (Wildman–Crippen LogP) is 1.36. The van der Waals surface area contributed by atoms with Crippen molar-refractivity contribution in [2.75, 3.05) is 0 Å². The first-order valence-corrected chi connectivity index (χ1v) is 3.15. The van der Waals surface area contributed by atoms with Gasteiger partial charge in [-0.2, -0.15) is 0 Å². The van der Waals surface area contributed by atoms with Crippen LogP contribution in [-0.2, 0) is 9.09 Å². The van der Waals surface area contributed by atoms with Crippen molar-refractivity contribution in [3.05, 3.63) is 0 Å². The Morgan fingerprint density at radius 2 is 2.25 bits per heavy atom. The molecule has 8 heavy (non-hydrogen) atoms. The van der Waals surface area contributed by atoms with Crippen LogP contribution in [-0.4, -0.2) is 23.5 Å². The highest BCUT2D eigenvalue weighted by molar-refractivity contribution is 7.17. The van der Waals surface area contributed by atoms with E-state index in [2.05, 4.69) is 4.52 Å². The smallest absolute Gasteiger partial charge is 0.145 e. The average Bonchev–Trinajstić information content (AvgIpc) is 1.68. The van der Waals surface area contributed by atoms with Crippen LogP contribution in [0.4, 0.5) is 0 Å². The maximum Gasteiger partial charge on any atom is 0.494 e. The molecule has 0 saturated heterocycles. The van der Waals surface area contributed by atoms with Gasteiger partial charge in [0.2, 0.25) is 0 Å². The van der Waals surface area contributed by atoms with Gasteiger partial charge in [0.25, 0.3) is 0 Å². The Labute approximate surface area is 62.0 Å². The third-order valence-electron chi connectivity index (χ3n) is 0.824. The van der Waals surface area contributed by atoms with Crippen molar-refractivity contribution in [2.45, 2.75) is 26.4 Å². The number of hydrogen-bond acceptors (Lipinski definition) is 2. The zero-order chi connectivity index (χ0) is 5.70. The largest absolute Gasteiger partial charge is 0.494 e. The van der Waals surface area contributed by atoms with Crippen LogP contribution in [0.15, 0.2) is 0 Å². The minimum atomic E-state index is -0.605. The molecule has 0 amide bonds. The Hall–Kier alpha value is 0.592. The minimum Gasteiger partial charge on any atom is -0.145 e. The van der Waals surface area contributed by atoms with E-state index in [0.717, 1.165) is 6.42 Å². The molecule has 0 bridgehead atoms. The summed E-state index contributed by atoms with van der Waals surface area (Å²) in [4.78, 5) is 0. The Kier molecular flexibility index (Phi) is 10.8. The van der Waals surface area contributed by atoms with Crippen LogP contribution in [0.1, 0.15) is 20.3 Å². The fourth-order valence-electron chi connectivity index (χ4n) is 0.165. The van der Waals surface area contributed by atoms with E-state index in [0.29, 0.717) is 0 Å². The van der Waals surface area contributed by atoms with Crippen molar-refractivity contribution in [1.29, 1.82) is 0 Å². The summed E-state index contributed by atoms with van der Waals surface area (Å²) >= 11 is 0. The van der Waals surface area contributed by atoms with Crippen molar-refractivity contribution < 1.29 is 9.09 Å². The third kappa shape index (κ3) is 6.59. The molecule has 0 heterocycles. The van der Waals surface area contributed by atoms with Gasteiger partial charge in [-0.05, 0) is 17.9 Å². The standard InChI is InChI=1S/C4H10O2P.Al/c1-3-4(2)6-7-5;/h4,7H,3H2,1-2H3;/q+1;. The van der Waals surface area contributed by atoms with Crippen LogP contribution >= 0.6 is 8.69 Å². The van der Waals surface area contributed by atoms with Gasteiger partial charge >= 0.3 is 8.69 Å². The molecule has 2 nitrogen and oxygen atoms in total. The summed E-state index contributed by atoms with van der Waals surface area (Å²) in [7, 11) is -0.605. The van der Waals surface area contributed by atoms with Crippen LogP contribution in [0, 0.1) is 0 Å². The molecule has 3 radical (unpaired) electrons. The van der Waals surface area contributed by atoms with Gasteiger partial charge in [0, 0.05) is 17.4 Å². The molecule has 0 fully saturated rings. The number of hydrogen-bond donors (Lipinski definition) is 0. The van der Waals surface area contributed by atoms with Crippen molar-refractivity contribution >= 4 is 26.0 Å². The maximum absolute atomic E-state index is 9.70. The normalized spacial score (nSPS) is 12.8. The van der Waals surface area contributed by atoms with E-state index in [1.165, 1.54) is 0 Å². The molecule has 2 unspecified atom stereocenters. The fraction of sp³-hybridized carbons (Fsp3) is 1.00. The van der Waals surface area contributed by atoms with Gasteiger partial charge in [0.15, 0.2) is 0 Å². The average molecular weight is 148 g/mol. The highest BCUT2D eigenvalue weighted by Crippen LogP contribution is 2.03. The minimum absolute atomic E-state index is 0. The van der Waals surface area contributed by atoms with E-state index in [4.69, 9.17) is 0 Å². The summed E-state index contributed by atoms with van der Waals surface area (Å²) in [6.45, 7) is 3.88. The first kappa shape index (κ1) is 11.4. The second kappa shape index (κ2) is 7.59. The molecule has 0 aliphatic carbocycles. The SMILES string of the molecule is CCC(C)O[PH+]=O.[Al]. The molecular weight excluding hydrogens is 138 g/mol. The lowest BCUT2D eigenvalue weighted by molar-refractivity contribution is 0.240. The topological polar surface area (TPSA) is 26.3 Å². The lowest BCUT2D eigenvalue weighted by Gasteiger charge is -1.92. The van der Waals surface area contributed by atoms with Crippen LogP contribution < -0.4 is 0 Å². The van der Waals surface area contributed by atoms with Gasteiger partial charge in [0.1, 0.15) is 6.10 Å². The van der Waals surface area contributed by atoms with Gasteiger partial charge in [-0.25, -0.2) is 0 Å². The first-order valence-electron chi connectivity index (χ1n) is 2.34. The zero-order valence-electron chi connectivity index (χ0n) is 5.18. The van der Waals surface area contributed by atoms with Gasteiger partial charge < -0.3 is 0 Å². The molecule has 0 aromatic rings.